The Kier molecular flexibility index (Phi) is 12.4. The van der Waals surface area contributed by atoms with Crippen LogP contribution >= 0.6 is 0 Å². The van der Waals surface area contributed by atoms with Crippen LogP contribution in [0.15, 0.2) is 120 Å². The number of carbonyl (C=O) groups is 1. The Morgan fingerprint density at radius 3 is 2.02 bits per heavy atom. The number of unbranched alkanes of at least 4 members (excludes halogenated alkanes) is 1. The highest BCUT2D eigenvalue weighted by atomic mass is 16.5. The average Bonchev–Trinajstić information content (AvgIpc) is 3.34. The zero-order valence-electron chi connectivity index (χ0n) is 38.0. The van der Waals surface area contributed by atoms with E-state index in [-0.39, 0.29) is 24.1 Å². The van der Waals surface area contributed by atoms with Crippen LogP contribution in [0.2, 0.25) is 0 Å². The van der Waals surface area contributed by atoms with Crippen LogP contribution in [-0.4, -0.2) is 68.7 Å². The summed E-state index contributed by atoms with van der Waals surface area (Å²) in [5, 5.41) is 28.3. The fourth-order valence-corrected chi connectivity index (χ4v) is 9.90. The first-order valence-electron chi connectivity index (χ1n) is 23.6. The van der Waals surface area contributed by atoms with Gasteiger partial charge >= 0.3 is 14.0 Å². The molecule has 1 unspecified atom stereocenters. The molecule has 0 aromatic heterocycles. The highest BCUT2D eigenvalue weighted by molar-refractivity contribution is 6.80. The van der Waals surface area contributed by atoms with Gasteiger partial charge in [-0.05, 0) is 91.2 Å². The van der Waals surface area contributed by atoms with Gasteiger partial charge < -0.3 is 39.7 Å². The van der Waals surface area contributed by atoms with Crippen LogP contribution in [-0.2, 0) is 4.79 Å². The average molecular weight is 853 g/mol. The first-order valence-corrected chi connectivity index (χ1v) is 23.6. The Balaban J connectivity index is 1.01. The molecular weight excluding hydrogens is 792 g/mol. The fraction of sp³-hybridized carbons (Fsp3) is 0.321. The van der Waals surface area contributed by atoms with Gasteiger partial charge in [0.05, 0.1) is 55.9 Å². The van der Waals surface area contributed by atoms with Crippen LogP contribution < -0.4 is 46.7 Å². The molecule has 1 aliphatic carbocycles. The third-order valence-corrected chi connectivity index (χ3v) is 14.2. The van der Waals surface area contributed by atoms with Crippen molar-refractivity contribution in [3.63, 3.8) is 0 Å². The van der Waals surface area contributed by atoms with E-state index < -0.39 is 6.98 Å². The molecule has 0 radical (unpaired) electrons. The number of aliphatic hydroxyl groups excluding tert-OH is 1. The Hall–Kier alpha value is -6.19. The molecule has 2 heterocycles. The van der Waals surface area contributed by atoms with Gasteiger partial charge in [-0.15, -0.1) is 0 Å². The van der Waals surface area contributed by atoms with Crippen molar-refractivity contribution in [1.82, 2.24) is 0 Å². The van der Waals surface area contributed by atoms with Crippen LogP contribution in [0.1, 0.15) is 72.3 Å². The number of nitrogens with one attached hydrogen (secondary N) is 3. The van der Waals surface area contributed by atoms with E-state index in [0.717, 1.165) is 105 Å². The van der Waals surface area contributed by atoms with Gasteiger partial charge in [0.1, 0.15) is 17.3 Å². The van der Waals surface area contributed by atoms with Gasteiger partial charge in [0.2, 0.25) is 5.78 Å². The van der Waals surface area contributed by atoms with Crippen LogP contribution in [0.25, 0.3) is 32.7 Å². The summed E-state index contributed by atoms with van der Waals surface area (Å²) in [5.41, 5.74) is 5.97. The highest BCUT2D eigenvalue weighted by Gasteiger charge is 2.39. The van der Waals surface area contributed by atoms with Gasteiger partial charge in [-0.1, -0.05) is 106 Å². The lowest BCUT2D eigenvalue weighted by molar-refractivity contribution is -0.923. The van der Waals surface area contributed by atoms with E-state index in [9.17, 15) is 9.90 Å². The first-order chi connectivity index (χ1) is 31.3. The summed E-state index contributed by atoms with van der Waals surface area (Å²) in [4.78, 5) is 19.8. The van der Waals surface area contributed by atoms with Crippen molar-refractivity contribution < 1.29 is 23.9 Å². The quantitative estimate of drug-likeness (QED) is 0.0390. The molecule has 0 fully saturated rings. The molecule has 0 saturated carbocycles. The van der Waals surface area contributed by atoms with Crippen LogP contribution in [0, 0.1) is 5.92 Å². The van der Waals surface area contributed by atoms with Gasteiger partial charge in [0.25, 0.3) is 0 Å². The van der Waals surface area contributed by atoms with Crippen molar-refractivity contribution in [2.45, 2.75) is 66.7 Å². The van der Waals surface area contributed by atoms with Gasteiger partial charge in [-0.3, -0.25) is 4.79 Å². The Morgan fingerprint density at radius 2 is 1.34 bits per heavy atom. The molecular formula is C53H60B2N5O4+. The zero-order chi connectivity index (χ0) is 44.4. The molecule has 2 aliphatic heterocycles. The van der Waals surface area contributed by atoms with Crippen molar-refractivity contribution >= 4 is 80.4 Å². The molecule has 9 nitrogen and oxygen atoms in total. The smallest absolute Gasteiger partial charge is 0.427 e. The molecule has 6 aromatic rings. The molecule has 1 atom stereocenters. The number of hydrogen-bond donors (Lipinski definition) is 4. The van der Waals surface area contributed by atoms with Crippen molar-refractivity contribution in [2.75, 3.05) is 55.1 Å². The van der Waals surface area contributed by atoms with Crippen molar-refractivity contribution in [2.24, 2.45) is 10.8 Å². The molecule has 326 valence electrons. The van der Waals surface area contributed by atoms with Crippen molar-refractivity contribution in [3.8, 4) is 11.5 Å². The molecule has 64 heavy (non-hydrogen) atoms. The summed E-state index contributed by atoms with van der Waals surface area (Å²) in [6.45, 7) is 16.5. The third-order valence-electron chi connectivity index (χ3n) is 14.2. The van der Waals surface area contributed by atoms with E-state index in [1.807, 2.05) is 60.7 Å². The number of nitrogens with zero attached hydrogens (tertiary/aromatic N) is 2. The molecule has 4 N–H and O–H groups in total. The number of quaternary nitrogens is 1. The lowest BCUT2D eigenvalue weighted by atomic mass is 9.65. The van der Waals surface area contributed by atoms with E-state index in [4.69, 9.17) is 14.4 Å². The van der Waals surface area contributed by atoms with E-state index >= 15 is 0 Å². The SMILES string of the molecule is CCCCC(CC)COc1ccc(B2N=c3/c(=C4/C(=O)C(c5ccc6cccc7c6c5NB(c5ccc(OCCC[N+](CC)(CC)CC)cc5)N7)=C4O)ccc4cccc(c34)N2)cc1. The van der Waals surface area contributed by atoms with Crippen LogP contribution in [0.3, 0.4) is 0 Å². The molecule has 6 aromatic carbocycles. The topological polar surface area (TPSA) is 104 Å². The fourth-order valence-electron chi connectivity index (χ4n) is 9.90. The maximum Gasteiger partial charge on any atom is 0.427 e. The van der Waals surface area contributed by atoms with Gasteiger partial charge in [-0.25, -0.2) is 0 Å². The number of hydrogen-bond acceptors (Lipinski definition) is 8. The summed E-state index contributed by atoms with van der Waals surface area (Å²) in [5.74, 6) is 2.01. The highest BCUT2D eigenvalue weighted by Crippen LogP contribution is 2.45. The lowest BCUT2D eigenvalue weighted by Gasteiger charge is -2.35. The molecule has 9 rings (SSSR count). The van der Waals surface area contributed by atoms with Crippen LogP contribution in [0.5, 0.6) is 11.5 Å². The lowest BCUT2D eigenvalue weighted by Crippen LogP contribution is -2.48. The Morgan fingerprint density at radius 1 is 0.688 bits per heavy atom. The number of ether oxygens (including phenoxy) is 2. The maximum absolute atomic E-state index is 14.6. The number of carbonyl (C=O) groups excluding carboxylic acids is 1. The third kappa shape index (κ3) is 8.11. The van der Waals surface area contributed by atoms with E-state index in [1.54, 1.807) is 0 Å². The predicted octanol–water partition coefficient (Wildman–Crippen LogP) is 8.61. The zero-order valence-corrected chi connectivity index (χ0v) is 38.0. The predicted molar refractivity (Wildman–Crippen MR) is 267 cm³/mol. The monoisotopic (exact) mass is 852 g/mol. The second kappa shape index (κ2) is 18.5. The molecule has 0 spiro atoms. The number of anilines is 3. The number of ketones is 1. The first kappa shape index (κ1) is 43.1. The Labute approximate surface area is 378 Å². The Bertz CT molecular complexity index is 2850. The number of Topliss-reactive ketones (excluding diaryl/α,β-unsaturated/α-hetero) is 1. The summed E-state index contributed by atoms with van der Waals surface area (Å²) in [6, 6.07) is 36.6. The van der Waals surface area contributed by atoms with Crippen molar-refractivity contribution in [3.05, 3.63) is 131 Å². The molecule has 11 heteroatoms. The standard InChI is InChI=1S/C53H59B2N5O4/c1-6-11-15-35(7-2)34-64-41-28-24-39(25-29-41)55-57-45-19-13-17-37-21-31-43(51(59-55)47(37)45)49-52(61)48(53(49)62)42-30-20-36-16-12-18-44-46(36)50(42)58-54(56-44)38-22-26-40(27-23-38)63-33-14-32-60(8-3,9-4)10-5/h12-13,16-31,35H,6-11,14-15,32-34H2,1-5H3,(H3-,56,57,58,59,61,62)/p+1. The van der Waals surface area contributed by atoms with E-state index in [2.05, 4.69) is 98.8 Å². The normalized spacial score (nSPS) is 15.6. The number of aliphatic hydroxyl groups is 1. The summed E-state index contributed by atoms with van der Waals surface area (Å²) >= 11 is 0. The summed E-state index contributed by atoms with van der Waals surface area (Å²) in [6.07, 6.45) is 5.70. The van der Waals surface area contributed by atoms with Gasteiger partial charge in [0, 0.05) is 45.0 Å². The number of allylic oxidation sites excluding steroid dienone is 2. The molecule has 0 bridgehead atoms. The maximum atomic E-state index is 14.6. The van der Waals surface area contributed by atoms with E-state index in [0.29, 0.717) is 40.8 Å². The largest absolute Gasteiger partial charge is 0.506 e. The second-order valence-electron chi connectivity index (χ2n) is 17.7. The minimum Gasteiger partial charge on any atom is -0.506 e. The summed E-state index contributed by atoms with van der Waals surface area (Å²) in [7, 11) is 0. The minimum absolute atomic E-state index is 0.0199. The second-order valence-corrected chi connectivity index (χ2v) is 17.7. The summed E-state index contributed by atoms with van der Waals surface area (Å²) < 4.78 is 13.5. The number of rotatable bonds is 18. The molecule has 3 aliphatic rings. The van der Waals surface area contributed by atoms with Crippen LogP contribution in [0.4, 0.5) is 17.1 Å². The molecule has 0 saturated heterocycles. The van der Waals surface area contributed by atoms with E-state index in [1.165, 1.54) is 19.3 Å². The molecule has 0 amide bonds. The minimum atomic E-state index is -0.396. The van der Waals surface area contributed by atoms with Gasteiger partial charge in [0.15, 0.2) is 0 Å². The number of benzene rings is 6. The van der Waals surface area contributed by atoms with Crippen molar-refractivity contribution in [1.29, 1.82) is 0 Å². The van der Waals surface area contributed by atoms with Gasteiger partial charge in [-0.2, -0.15) is 0 Å².